The molecule has 1 atom stereocenters. The number of hydrogen-bond acceptors (Lipinski definition) is 6. The zero-order valence-corrected chi connectivity index (χ0v) is 13.8. The minimum Gasteiger partial charge on any atom is -0.383 e. The number of imide groups is 1. The van der Waals surface area contributed by atoms with E-state index in [2.05, 4.69) is 10.6 Å². The summed E-state index contributed by atoms with van der Waals surface area (Å²) in [6.07, 6.45) is 0.959. The lowest BCUT2D eigenvalue weighted by molar-refractivity contribution is -0.134. The number of amides is 2. The van der Waals surface area contributed by atoms with Gasteiger partial charge in [0, 0.05) is 25.2 Å². The Morgan fingerprint density at radius 2 is 1.79 bits per heavy atom. The SMILES string of the molecule is NCCOCCOCCNc1ccc(C2CCC(=O)NC2=O)cc1. The zero-order chi connectivity index (χ0) is 17.2. The summed E-state index contributed by atoms with van der Waals surface area (Å²) in [6.45, 7) is 3.46. The molecule has 0 spiro atoms. The second kappa shape index (κ2) is 10.0. The molecule has 2 rings (SSSR count). The highest BCUT2D eigenvalue weighted by molar-refractivity contribution is 6.00. The fraction of sp³-hybridized carbons (Fsp3) is 0.529. The van der Waals surface area contributed by atoms with Crippen LogP contribution in [-0.4, -0.2) is 51.3 Å². The number of hydrogen-bond donors (Lipinski definition) is 3. The lowest BCUT2D eigenvalue weighted by Crippen LogP contribution is -2.39. The molecule has 1 aliphatic heterocycles. The van der Waals surface area contributed by atoms with E-state index in [0.29, 0.717) is 52.4 Å². The van der Waals surface area contributed by atoms with Crippen LogP contribution >= 0.6 is 0 Å². The number of ether oxygens (including phenoxy) is 2. The number of nitrogens with two attached hydrogens (primary N) is 1. The molecule has 1 aromatic rings. The number of rotatable bonds is 10. The summed E-state index contributed by atoms with van der Waals surface area (Å²) in [7, 11) is 0. The maximum absolute atomic E-state index is 11.8. The first-order valence-electron chi connectivity index (χ1n) is 8.24. The van der Waals surface area contributed by atoms with Crippen LogP contribution in [0.15, 0.2) is 24.3 Å². The van der Waals surface area contributed by atoms with Crippen molar-refractivity contribution in [2.24, 2.45) is 5.73 Å². The van der Waals surface area contributed by atoms with Gasteiger partial charge < -0.3 is 20.5 Å². The summed E-state index contributed by atoms with van der Waals surface area (Å²) in [6, 6.07) is 7.71. The monoisotopic (exact) mass is 335 g/mol. The summed E-state index contributed by atoms with van der Waals surface area (Å²) in [5.74, 6) is -0.645. The zero-order valence-electron chi connectivity index (χ0n) is 13.8. The molecule has 1 unspecified atom stereocenters. The van der Waals surface area contributed by atoms with Crippen LogP contribution in [-0.2, 0) is 19.1 Å². The number of anilines is 1. The number of carbonyl (C=O) groups is 2. The maximum Gasteiger partial charge on any atom is 0.234 e. The van der Waals surface area contributed by atoms with Gasteiger partial charge in [-0.1, -0.05) is 12.1 Å². The minimum atomic E-state index is -0.242. The highest BCUT2D eigenvalue weighted by Crippen LogP contribution is 2.25. The fourth-order valence-electron chi connectivity index (χ4n) is 2.52. The van der Waals surface area contributed by atoms with Crippen molar-refractivity contribution >= 4 is 17.5 Å². The van der Waals surface area contributed by atoms with E-state index in [4.69, 9.17) is 15.2 Å². The van der Waals surface area contributed by atoms with Crippen LogP contribution in [0.5, 0.6) is 0 Å². The van der Waals surface area contributed by atoms with Gasteiger partial charge in [0.25, 0.3) is 0 Å². The van der Waals surface area contributed by atoms with Gasteiger partial charge >= 0.3 is 0 Å². The Hall–Kier alpha value is -1.96. The predicted molar refractivity (Wildman–Crippen MR) is 90.7 cm³/mol. The van der Waals surface area contributed by atoms with Crippen molar-refractivity contribution < 1.29 is 19.1 Å². The summed E-state index contributed by atoms with van der Waals surface area (Å²) in [5, 5.41) is 5.64. The molecule has 7 heteroatoms. The molecule has 1 saturated heterocycles. The number of benzene rings is 1. The lowest BCUT2D eigenvalue weighted by atomic mass is 9.90. The molecular weight excluding hydrogens is 310 g/mol. The van der Waals surface area contributed by atoms with Crippen LogP contribution in [0.4, 0.5) is 5.69 Å². The first-order chi connectivity index (χ1) is 11.7. The third-order valence-corrected chi connectivity index (χ3v) is 3.76. The summed E-state index contributed by atoms with van der Waals surface area (Å²) >= 11 is 0. The Kier molecular flexibility index (Phi) is 7.67. The van der Waals surface area contributed by atoms with Crippen molar-refractivity contribution in [3.05, 3.63) is 29.8 Å². The van der Waals surface area contributed by atoms with Crippen LogP contribution in [0.1, 0.15) is 24.3 Å². The molecule has 0 radical (unpaired) electrons. The second-order valence-corrected chi connectivity index (χ2v) is 5.57. The van der Waals surface area contributed by atoms with Crippen molar-refractivity contribution in [2.75, 3.05) is 44.8 Å². The number of piperidine rings is 1. The van der Waals surface area contributed by atoms with E-state index in [9.17, 15) is 9.59 Å². The molecule has 132 valence electrons. The first-order valence-corrected chi connectivity index (χ1v) is 8.24. The predicted octanol–water partition coefficient (Wildman–Crippen LogP) is 0.611. The molecule has 0 aliphatic carbocycles. The standard InChI is InChI=1S/C17H25N3O4/c18-7-9-23-11-12-24-10-8-19-14-3-1-13(2-4-14)15-5-6-16(21)20-17(15)22/h1-4,15,19H,5-12,18H2,(H,20,21,22). The highest BCUT2D eigenvalue weighted by Gasteiger charge is 2.27. The van der Waals surface area contributed by atoms with E-state index in [0.717, 1.165) is 11.3 Å². The van der Waals surface area contributed by atoms with Crippen molar-refractivity contribution in [3.8, 4) is 0 Å². The number of carbonyl (C=O) groups excluding carboxylic acids is 2. The van der Waals surface area contributed by atoms with Gasteiger partial charge in [0.2, 0.25) is 11.8 Å². The molecule has 2 amide bonds. The first kappa shape index (κ1) is 18.4. The van der Waals surface area contributed by atoms with Gasteiger partial charge in [0.05, 0.1) is 32.3 Å². The third kappa shape index (κ3) is 5.92. The average Bonchev–Trinajstić information content (AvgIpc) is 2.58. The van der Waals surface area contributed by atoms with Crippen LogP contribution in [0.2, 0.25) is 0 Å². The molecule has 7 nitrogen and oxygen atoms in total. The van der Waals surface area contributed by atoms with Crippen LogP contribution < -0.4 is 16.4 Å². The largest absolute Gasteiger partial charge is 0.383 e. The molecule has 1 aliphatic rings. The maximum atomic E-state index is 11.8. The second-order valence-electron chi connectivity index (χ2n) is 5.57. The molecule has 24 heavy (non-hydrogen) atoms. The van der Waals surface area contributed by atoms with E-state index in [1.165, 1.54) is 0 Å². The Labute approximate surface area is 141 Å². The van der Waals surface area contributed by atoms with Gasteiger partial charge in [0.1, 0.15) is 0 Å². The van der Waals surface area contributed by atoms with E-state index < -0.39 is 0 Å². The quantitative estimate of drug-likeness (QED) is 0.428. The van der Waals surface area contributed by atoms with Gasteiger partial charge in [-0.3, -0.25) is 14.9 Å². The van der Waals surface area contributed by atoms with E-state index in [1.807, 2.05) is 24.3 Å². The van der Waals surface area contributed by atoms with Gasteiger partial charge in [-0.25, -0.2) is 0 Å². The highest BCUT2D eigenvalue weighted by atomic mass is 16.5. The molecular formula is C17H25N3O4. The smallest absolute Gasteiger partial charge is 0.234 e. The van der Waals surface area contributed by atoms with E-state index in [-0.39, 0.29) is 17.7 Å². The fourth-order valence-corrected chi connectivity index (χ4v) is 2.52. The number of nitrogens with one attached hydrogen (secondary N) is 2. The summed E-state index contributed by atoms with van der Waals surface area (Å²) in [4.78, 5) is 23.0. The normalized spacial score (nSPS) is 17.6. The average molecular weight is 335 g/mol. The van der Waals surface area contributed by atoms with Crippen LogP contribution in [0.25, 0.3) is 0 Å². The van der Waals surface area contributed by atoms with Crippen molar-refractivity contribution in [2.45, 2.75) is 18.8 Å². The van der Waals surface area contributed by atoms with Crippen LogP contribution in [0.3, 0.4) is 0 Å². The van der Waals surface area contributed by atoms with Gasteiger partial charge in [-0.2, -0.15) is 0 Å². The van der Waals surface area contributed by atoms with Gasteiger partial charge in [-0.15, -0.1) is 0 Å². The molecule has 0 aromatic heterocycles. The Morgan fingerprint density at radius 3 is 2.46 bits per heavy atom. The molecule has 4 N–H and O–H groups in total. The Balaban J connectivity index is 1.67. The van der Waals surface area contributed by atoms with E-state index >= 15 is 0 Å². The van der Waals surface area contributed by atoms with Gasteiger partial charge in [0.15, 0.2) is 0 Å². The third-order valence-electron chi connectivity index (χ3n) is 3.76. The topological polar surface area (TPSA) is 103 Å². The minimum absolute atomic E-state index is 0.192. The van der Waals surface area contributed by atoms with Crippen molar-refractivity contribution in [1.82, 2.24) is 5.32 Å². The van der Waals surface area contributed by atoms with E-state index in [1.54, 1.807) is 0 Å². The molecule has 0 saturated carbocycles. The van der Waals surface area contributed by atoms with Crippen molar-refractivity contribution in [1.29, 1.82) is 0 Å². The molecule has 1 heterocycles. The van der Waals surface area contributed by atoms with Crippen molar-refractivity contribution in [3.63, 3.8) is 0 Å². The molecule has 1 fully saturated rings. The lowest BCUT2D eigenvalue weighted by Gasteiger charge is -2.21. The molecule has 0 bridgehead atoms. The molecule has 1 aromatic carbocycles. The van der Waals surface area contributed by atoms with Gasteiger partial charge in [-0.05, 0) is 24.1 Å². The Morgan fingerprint density at radius 1 is 1.08 bits per heavy atom. The Bertz CT molecular complexity index is 533. The summed E-state index contributed by atoms with van der Waals surface area (Å²) in [5.41, 5.74) is 7.21. The summed E-state index contributed by atoms with van der Waals surface area (Å²) < 4.78 is 10.6. The van der Waals surface area contributed by atoms with Crippen LogP contribution in [0, 0.1) is 0 Å².